The maximum atomic E-state index is 13.4. The van der Waals surface area contributed by atoms with Crippen LogP contribution in [0.3, 0.4) is 0 Å². The fourth-order valence-corrected chi connectivity index (χ4v) is 1.64. The summed E-state index contributed by atoms with van der Waals surface area (Å²) in [6, 6.07) is 4.37. The second-order valence-electron chi connectivity index (χ2n) is 3.54. The lowest BCUT2D eigenvalue weighted by Gasteiger charge is -2.13. The molecule has 86 valence electrons. The molecule has 1 N–H and O–H groups in total. The molecule has 4 heteroatoms. The van der Waals surface area contributed by atoms with Crippen LogP contribution in [0.5, 0.6) is 5.75 Å². The first-order valence-corrected chi connectivity index (χ1v) is 5.06. The summed E-state index contributed by atoms with van der Waals surface area (Å²) in [6.45, 7) is 0.574. The lowest BCUT2D eigenvalue weighted by molar-refractivity contribution is 0.118. The predicted octanol–water partition coefficient (Wildman–Crippen LogP) is 2.17. The van der Waals surface area contributed by atoms with Crippen LogP contribution in [0.2, 0.25) is 0 Å². The number of hydrogen-bond donors (Lipinski definition) is 1. The molecule has 0 saturated carbocycles. The number of rotatable bonds is 3. The summed E-state index contributed by atoms with van der Waals surface area (Å²) >= 11 is 0. The molecule has 0 spiro atoms. The van der Waals surface area contributed by atoms with Gasteiger partial charge in [0.1, 0.15) is 11.9 Å². The van der Waals surface area contributed by atoms with Crippen molar-refractivity contribution >= 4 is 0 Å². The third-order valence-electron chi connectivity index (χ3n) is 2.49. The maximum Gasteiger partial charge on any atom is 0.165 e. The zero-order valence-corrected chi connectivity index (χ0v) is 8.94. The topological polar surface area (TPSA) is 38.7 Å². The number of halogens is 1. The Morgan fingerprint density at radius 2 is 2.31 bits per heavy atom. The van der Waals surface area contributed by atoms with E-state index in [1.54, 1.807) is 6.07 Å². The largest absolute Gasteiger partial charge is 0.495 e. The maximum absolute atomic E-state index is 13.4. The highest BCUT2D eigenvalue weighted by atomic mass is 19.1. The molecule has 3 nitrogen and oxygen atoms in total. The zero-order chi connectivity index (χ0) is 11.5. The Bertz CT molecular complexity index is 415. The van der Waals surface area contributed by atoms with Crippen molar-refractivity contribution in [3.05, 3.63) is 41.4 Å². The van der Waals surface area contributed by atoms with E-state index in [9.17, 15) is 9.50 Å². The summed E-state index contributed by atoms with van der Waals surface area (Å²) in [6.07, 6.45) is 1.69. The van der Waals surface area contributed by atoms with Crippen LogP contribution in [-0.2, 0) is 4.74 Å². The zero-order valence-electron chi connectivity index (χ0n) is 8.94. The van der Waals surface area contributed by atoms with E-state index >= 15 is 0 Å². The van der Waals surface area contributed by atoms with Crippen LogP contribution >= 0.6 is 0 Å². The van der Waals surface area contributed by atoms with Crippen LogP contribution in [0, 0.1) is 5.82 Å². The Kier molecular flexibility index (Phi) is 3.10. The molecule has 0 radical (unpaired) electrons. The van der Waals surface area contributed by atoms with Gasteiger partial charge in [0.05, 0.1) is 13.7 Å². The Morgan fingerprint density at radius 3 is 2.88 bits per heavy atom. The molecule has 1 aromatic rings. The fraction of sp³-hybridized carbons (Fsp3) is 0.333. The average Bonchev–Trinajstić information content (AvgIpc) is 2.81. The van der Waals surface area contributed by atoms with Gasteiger partial charge in [-0.05, 0) is 23.8 Å². The van der Waals surface area contributed by atoms with E-state index in [0.29, 0.717) is 17.9 Å². The SMILES string of the molecule is COc1ccc(C(O)C2=CCCO2)cc1F. The van der Waals surface area contributed by atoms with Crippen molar-refractivity contribution in [1.82, 2.24) is 0 Å². The number of hydrogen-bond acceptors (Lipinski definition) is 3. The van der Waals surface area contributed by atoms with Crippen molar-refractivity contribution in [2.45, 2.75) is 12.5 Å². The molecule has 1 heterocycles. The van der Waals surface area contributed by atoms with Gasteiger partial charge in [-0.25, -0.2) is 4.39 Å². The van der Waals surface area contributed by atoms with E-state index in [1.165, 1.54) is 19.2 Å². The molecular weight excluding hydrogens is 211 g/mol. The van der Waals surface area contributed by atoms with Gasteiger partial charge in [-0.2, -0.15) is 0 Å². The van der Waals surface area contributed by atoms with Gasteiger partial charge < -0.3 is 14.6 Å². The van der Waals surface area contributed by atoms with Gasteiger partial charge in [-0.1, -0.05) is 6.07 Å². The first kappa shape index (κ1) is 11.0. The van der Waals surface area contributed by atoms with Crippen molar-refractivity contribution in [3.63, 3.8) is 0 Å². The smallest absolute Gasteiger partial charge is 0.165 e. The summed E-state index contributed by atoms with van der Waals surface area (Å²) in [5.41, 5.74) is 0.464. The molecule has 1 unspecified atom stereocenters. The van der Waals surface area contributed by atoms with Gasteiger partial charge in [0.2, 0.25) is 0 Å². The van der Waals surface area contributed by atoms with Gasteiger partial charge in [-0.15, -0.1) is 0 Å². The highest BCUT2D eigenvalue weighted by Crippen LogP contribution is 2.28. The number of aliphatic hydroxyl groups is 1. The summed E-state index contributed by atoms with van der Waals surface area (Å²) in [7, 11) is 1.40. The Hall–Kier alpha value is -1.55. The van der Waals surface area contributed by atoms with Gasteiger partial charge in [0, 0.05) is 6.42 Å². The molecule has 1 aromatic carbocycles. The van der Waals surface area contributed by atoms with Gasteiger partial charge >= 0.3 is 0 Å². The Labute approximate surface area is 93.1 Å². The second kappa shape index (κ2) is 4.53. The first-order valence-electron chi connectivity index (χ1n) is 5.06. The fourth-order valence-electron chi connectivity index (χ4n) is 1.64. The van der Waals surface area contributed by atoms with Crippen molar-refractivity contribution in [3.8, 4) is 5.75 Å². The monoisotopic (exact) mass is 224 g/mol. The number of aliphatic hydroxyl groups excluding tert-OH is 1. The minimum atomic E-state index is -0.900. The summed E-state index contributed by atoms with van der Waals surface area (Å²) in [5, 5.41) is 9.91. The van der Waals surface area contributed by atoms with Crippen LogP contribution in [-0.4, -0.2) is 18.8 Å². The third-order valence-corrected chi connectivity index (χ3v) is 2.49. The van der Waals surface area contributed by atoms with E-state index < -0.39 is 11.9 Å². The average molecular weight is 224 g/mol. The molecular formula is C12H13FO3. The van der Waals surface area contributed by atoms with E-state index in [2.05, 4.69) is 0 Å². The molecule has 0 bridgehead atoms. The summed E-state index contributed by atoms with van der Waals surface area (Å²) in [5.74, 6) is 0.166. The molecule has 0 saturated heterocycles. The number of methoxy groups -OCH3 is 1. The quantitative estimate of drug-likeness (QED) is 0.855. The number of benzene rings is 1. The molecule has 0 aromatic heterocycles. The Morgan fingerprint density at radius 1 is 1.50 bits per heavy atom. The van der Waals surface area contributed by atoms with E-state index in [1.807, 2.05) is 6.08 Å². The van der Waals surface area contributed by atoms with Crippen LogP contribution in [0.4, 0.5) is 4.39 Å². The molecule has 1 atom stereocenters. The number of ether oxygens (including phenoxy) is 2. The lowest BCUT2D eigenvalue weighted by atomic mass is 10.1. The normalized spacial score (nSPS) is 16.6. The van der Waals surface area contributed by atoms with E-state index in [0.717, 1.165) is 6.42 Å². The molecule has 1 aliphatic heterocycles. The lowest BCUT2D eigenvalue weighted by Crippen LogP contribution is -2.03. The van der Waals surface area contributed by atoms with Crippen molar-refractivity contribution in [2.24, 2.45) is 0 Å². The van der Waals surface area contributed by atoms with Crippen molar-refractivity contribution in [1.29, 1.82) is 0 Å². The molecule has 0 aliphatic carbocycles. The molecule has 0 amide bonds. The van der Waals surface area contributed by atoms with Gasteiger partial charge in [-0.3, -0.25) is 0 Å². The summed E-state index contributed by atoms with van der Waals surface area (Å²) < 4.78 is 23.4. The highest BCUT2D eigenvalue weighted by molar-refractivity contribution is 5.33. The predicted molar refractivity (Wildman–Crippen MR) is 56.6 cm³/mol. The molecule has 0 fully saturated rings. The molecule has 16 heavy (non-hydrogen) atoms. The van der Waals surface area contributed by atoms with Crippen LogP contribution in [0.15, 0.2) is 30.0 Å². The second-order valence-corrected chi connectivity index (χ2v) is 3.54. The summed E-state index contributed by atoms with van der Waals surface area (Å²) in [4.78, 5) is 0. The Balaban J connectivity index is 2.23. The minimum Gasteiger partial charge on any atom is -0.495 e. The van der Waals surface area contributed by atoms with Gasteiger partial charge in [0.15, 0.2) is 11.6 Å². The van der Waals surface area contributed by atoms with E-state index in [-0.39, 0.29) is 5.75 Å². The minimum absolute atomic E-state index is 0.164. The first-order chi connectivity index (χ1) is 7.72. The van der Waals surface area contributed by atoms with Crippen LogP contribution in [0.1, 0.15) is 18.1 Å². The molecule has 2 rings (SSSR count). The third kappa shape index (κ3) is 2.02. The van der Waals surface area contributed by atoms with Crippen LogP contribution < -0.4 is 4.74 Å². The van der Waals surface area contributed by atoms with Crippen molar-refractivity contribution < 1.29 is 19.0 Å². The van der Waals surface area contributed by atoms with Gasteiger partial charge in [0.25, 0.3) is 0 Å². The highest BCUT2D eigenvalue weighted by Gasteiger charge is 2.19. The van der Waals surface area contributed by atoms with Crippen molar-refractivity contribution in [2.75, 3.05) is 13.7 Å². The molecule has 1 aliphatic rings. The van der Waals surface area contributed by atoms with Crippen LogP contribution in [0.25, 0.3) is 0 Å². The standard InChI is InChI=1S/C12H13FO3/c1-15-10-5-4-8(7-9(10)13)12(14)11-3-2-6-16-11/h3-5,7,12,14H,2,6H2,1H3. The van der Waals surface area contributed by atoms with E-state index in [4.69, 9.17) is 9.47 Å².